The largest absolute Gasteiger partial charge is 0.385 e. The molecule has 0 aliphatic heterocycles. The van der Waals surface area contributed by atoms with Crippen molar-refractivity contribution >= 4 is 6.41 Å². The summed E-state index contributed by atoms with van der Waals surface area (Å²) < 4.78 is 4.99. The van der Waals surface area contributed by atoms with Gasteiger partial charge >= 0.3 is 0 Å². The maximum atomic E-state index is 11.0. The molecule has 1 amide bonds. The molecule has 4 heteroatoms. The van der Waals surface area contributed by atoms with E-state index in [-0.39, 0.29) is 0 Å². The van der Waals surface area contributed by atoms with Crippen LogP contribution in [-0.2, 0) is 9.53 Å². The van der Waals surface area contributed by atoms with E-state index in [4.69, 9.17) is 4.74 Å². The quantitative estimate of drug-likeness (QED) is 0.499. The summed E-state index contributed by atoms with van der Waals surface area (Å²) in [5.41, 5.74) is 0. The molecule has 4 nitrogen and oxygen atoms in total. The van der Waals surface area contributed by atoms with Gasteiger partial charge in [0.1, 0.15) is 0 Å². The predicted octanol–water partition coefficient (Wildman–Crippen LogP) is 0.622. The van der Waals surface area contributed by atoms with Gasteiger partial charge in [0.2, 0.25) is 6.41 Å². The number of nitrogens with one attached hydrogen (secondary N) is 1. The number of nitrogens with zero attached hydrogens (tertiary/aromatic N) is 1. The van der Waals surface area contributed by atoms with E-state index in [2.05, 4.69) is 5.32 Å². The topological polar surface area (TPSA) is 41.6 Å². The summed E-state index contributed by atoms with van der Waals surface area (Å²) in [5, 5.41) is 3.29. The smallest absolute Gasteiger partial charge is 0.210 e. The van der Waals surface area contributed by atoms with Gasteiger partial charge in [-0.05, 0) is 32.7 Å². The number of methoxy groups -OCH3 is 1. The van der Waals surface area contributed by atoms with E-state index in [1.807, 2.05) is 11.9 Å². The first kappa shape index (κ1) is 12.5. The Kier molecular flexibility index (Phi) is 5.65. The van der Waals surface area contributed by atoms with Crippen molar-refractivity contribution in [2.75, 3.05) is 27.3 Å². The summed E-state index contributed by atoms with van der Waals surface area (Å²) in [6, 6.07) is 0.849. The fraction of sp³-hybridized carbons (Fsp3) is 0.909. The van der Waals surface area contributed by atoms with Crippen molar-refractivity contribution in [3.8, 4) is 0 Å². The zero-order valence-electron chi connectivity index (χ0n) is 9.74. The van der Waals surface area contributed by atoms with Crippen molar-refractivity contribution < 1.29 is 9.53 Å². The Hall–Kier alpha value is -0.610. The van der Waals surface area contributed by atoms with Crippen LogP contribution in [-0.4, -0.2) is 50.7 Å². The fourth-order valence-electron chi connectivity index (χ4n) is 2.36. The van der Waals surface area contributed by atoms with Crippen LogP contribution in [0.3, 0.4) is 0 Å². The van der Waals surface area contributed by atoms with Crippen molar-refractivity contribution in [2.45, 2.75) is 37.8 Å². The number of hydrogen-bond donors (Lipinski definition) is 1. The Bertz CT molecular complexity index is 187. The molecule has 0 saturated heterocycles. The van der Waals surface area contributed by atoms with Gasteiger partial charge in [0.25, 0.3) is 0 Å². The molecule has 0 aromatic heterocycles. The van der Waals surface area contributed by atoms with E-state index >= 15 is 0 Å². The molecule has 2 atom stereocenters. The third kappa shape index (κ3) is 3.47. The molecule has 1 saturated carbocycles. The fourth-order valence-corrected chi connectivity index (χ4v) is 2.36. The number of likely N-dealkylation sites (N-methyl/N-ethyl adjacent to an activating group) is 1. The zero-order chi connectivity index (χ0) is 11.1. The molecule has 0 aromatic rings. The van der Waals surface area contributed by atoms with Crippen molar-refractivity contribution in [1.29, 1.82) is 0 Å². The van der Waals surface area contributed by atoms with Crippen LogP contribution >= 0.6 is 0 Å². The van der Waals surface area contributed by atoms with Gasteiger partial charge in [-0.2, -0.15) is 0 Å². The standard InChI is InChI=1S/C11H22N2O2/c1-12-10-5-3-6-11(10)13(9-14)7-4-8-15-2/h9-12H,3-8H2,1-2H3. The highest BCUT2D eigenvalue weighted by atomic mass is 16.5. The Morgan fingerprint density at radius 2 is 2.33 bits per heavy atom. The first-order chi connectivity index (χ1) is 7.33. The number of rotatable bonds is 7. The van der Waals surface area contributed by atoms with Crippen LogP contribution in [0.15, 0.2) is 0 Å². The normalized spacial score (nSPS) is 25.5. The van der Waals surface area contributed by atoms with Crippen molar-refractivity contribution in [1.82, 2.24) is 10.2 Å². The number of amides is 1. The number of carbonyl (C=O) groups is 1. The Labute approximate surface area is 92.0 Å². The first-order valence-electron chi connectivity index (χ1n) is 5.70. The average Bonchev–Trinajstić information content (AvgIpc) is 2.72. The lowest BCUT2D eigenvalue weighted by atomic mass is 10.1. The molecule has 0 radical (unpaired) electrons. The van der Waals surface area contributed by atoms with E-state index in [9.17, 15) is 4.79 Å². The number of ether oxygens (including phenoxy) is 1. The van der Waals surface area contributed by atoms with Crippen LogP contribution < -0.4 is 5.32 Å². The summed E-state index contributed by atoms with van der Waals surface area (Å²) in [5.74, 6) is 0. The zero-order valence-corrected chi connectivity index (χ0v) is 9.74. The van der Waals surface area contributed by atoms with Gasteiger partial charge in [0.05, 0.1) is 0 Å². The minimum absolute atomic E-state index is 0.379. The Balaban J connectivity index is 2.38. The maximum absolute atomic E-state index is 11.0. The summed E-state index contributed by atoms with van der Waals surface area (Å²) >= 11 is 0. The maximum Gasteiger partial charge on any atom is 0.210 e. The van der Waals surface area contributed by atoms with E-state index in [0.717, 1.165) is 32.4 Å². The predicted molar refractivity (Wildman–Crippen MR) is 59.7 cm³/mol. The van der Waals surface area contributed by atoms with Gasteiger partial charge in [0.15, 0.2) is 0 Å². The molecule has 0 heterocycles. The molecule has 2 unspecified atom stereocenters. The van der Waals surface area contributed by atoms with E-state index in [1.165, 1.54) is 12.8 Å². The monoisotopic (exact) mass is 214 g/mol. The molecular weight excluding hydrogens is 192 g/mol. The summed E-state index contributed by atoms with van der Waals surface area (Å²) in [6.07, 6.45) is 5.41. The highest BCUT2D eigenvalue weighted by Crippen LogP contribution is 2.23. The van der Waals surface area contributed by atoms with Crippen LogP contribution in [0.25, 0.3) is 0 Å². The van der Waals surface area contributed by atoms with Crippen LogP contribution in [0.4, 0.5) is 0 Å². The number of hydrogen-bond acceptors (Lipinski definition) is 3. The van der Waals surface area contributed by atoms with Gasteiger partial charge in [-0.1, -0.05) is 0 Å². The highest BCUT2D eigenvalue weighted by Gasteiger charge is 2.29. The van der Waals surface area contributed by atoms with Crippen molar-refractivity contribution in [3.05, 3.63) is 0 Å². The molecule has 1 rings (SSSR count). The molecule has 15 heavy (non-hydrogen) atoms. The SMILES string of the molecule is CNC1CCCC1N(C=O)CCCOC. The number of carbonyl (C=O) groups excluding carboxylic acids is 1. The Morgan fingerprint density at radius 1 is 1.53 bits per heavy atom. The molecule has 0 aromatic carbocycles. The van der Waals surface area contributed by atoms with Gasteiger partial charge in [-0.25, -0.2) is 0 Å². The van der Waals surface area contributed by atoms with Gasteiger partial charge in [-0.3, -0.25) is 4.79 Å². The third-order valence-electron chi connectivity index (χ3n) is 3.18. The van der Waals surface area contributed by atoms with Crippen LogP contribution in [0.1, 0.15) is 25.7 Å². The van der Waals surface area contributed by atoms with Crippen molar-refractivity contribution in [3.63, 3.8) is 0 Å². The van der Waals surface area contributed by atoms with E-state index in [1.54, 1.807) is 7.11 Å². The van der Waals surface area contributed by atoms with E-state index < -0.39 is 0 Å². The molecule has 1 aliphatic rings. The average molecular weight is 214 g/mol. The summed E-state index contributed by atoms with van der Waals surface area (Å²) in [6.45, 7) is 1.53. The van der Waals surface area contributed by atoms with Crippen LogP contribution in [0.5, 0.6) is 0 Å². The second-order valence-electron chi connectivity index (χ2n) is 4.08. The second kappa shape index (κ2) is 6.80. The molecule has 0 bridgehead atoms. The molecular formula is C11H22N2O2. The van der Waals surface area contributed by atoms with Gasteiger partial charge in [0, 0.05) is 32.3 Å². The molecule has 1 N–H and O–H groups in total. The molecule has 88 valence electrons. The lowest BCUT2D eigenvalue weighted by molar-refractivity contribution is -0.120. The molecule has 0 spiro atoms. The molecule has 1 aliphatic carbocycles. The van der Waals surface area contributed by atoms with Crippen LogP contribution in [0, 0.1) is 0 Å². The first-order valence-corrected chi connectivity index (χ1v) is 5.70. The lowest BCUT2D eigenvalue weighted by Gasteiger charge is -2.29. The summed E-state index contributed by atoms with van der Waals surface area (Å²) in [7, 11) is 3.67. The minimum atomic E-state index is 0.379. The third-order valence-corrected chi connectivity index (χ3v) is 3.18. The van der Waals surface area contributed by atoms with Gasteiger partial charge in [-0.15, -0.1) is 0 Å². The Morgan fingerprint density at radius 3 is 2.93 bits per heavy atom. The van der Waals surface area contributed by atoms with E-state index in [0.29, 0.717) is 12.1 Å². The second-order valence-corrected chi connectivity index (χ2v) is 4.08. The van der Waals surface area contributed by atoms with Crippen molar-refractivity contribution in [2.24, 2.45) is 0 Å². The molecule has 1 fully saturated rings. The van der Waals surface area contributed by atoms with Crippen LogP contribution in [0.2, 0.25) is 0 Å². The van der Waals surface area contributed by atoms with Gasteiger partial charge < -0.3 is 15.0 Å². The highest BCUT2D eigenvalue weighted by molar-refractivity contribution is 5.48. The lowest BCUT2D eigenvalue weighted by Crippen LogP contribution is -2.45. The minimum Gasteiger partial charge on any atom is -0.385 e. The summed E-state index contributed by atoms with van der Waals surface area (Å²) in [4.78, 5) is 12.9.